The van der Waals surface area contributed by atoms with Crippen molar-refractivity contribution in [3.63, 3.8) is 0 Å². The van der Waals surface area contributed by atoms with Crippen LogP contribution < -0.4 is 16.0 Å². The molecule has 0 bridgehead atoms. The highest BCUT2D eigenvalue weighted by molar-refractivity contribution is 5.96. The summed E-state index contributed by atoms with van der Waals surface area (Å²) in [6.45, 7) is 3.74. The molecule has 0 saturated heterocycles. The van der Waals surface area contributed by atoms with Gasteiger partial charge in [0.2, 0.25) is 0 Å². The molecule has 0 aliphatic rings. The van der Waals surface area contributed by atoms with Crippen LogP contribution >= 0.6 is 12.4 Å². The molecule has 5 nitrogen and oxygen atoms in total. The standard InChI is InChI=1S/C10H14N2O3.ClH/c1-6(2)15-7-3-4-9(13)8(5-7)10(14)12-11;/h3-6,13H,11H2,1-2H3,(H,12,14);1H. The Morgan fingerprint density at radius 1 is 1.50 bits per heavy atom. The highest BCUT2D eigenvalue weighted by Crippen LogP contribution is 2.23. The van der Waals surface area contributed by atoms with E-state index >= 15 is 0 Å². The Hall–Kier alpha value is -1.46. The van der Waals surface area contributed by atoms with Gasteiger partial charge in [-0.15, -0.1) is 12.4 Å². The zero-order chi connectivity index (χ0) is 11.4. The number of carbonyl (C=O) groups excluding carboxylic acids is 1. The summed E-state index contributed by atoms with van der Waals surface area (Å²) in [5.74, 6) is 4.80. The summed E-state index contributed by atoms with van der Waals surface area (Å²) in [7, 11) is 0. The zero-order valence-electron chi connectivity index (χ0n) is 9.06. The highest BCUT2D eigenvalue weighted by atomic mass is 35.5. The van der Waals surface area contributed by atoms with Crippen LogP contribution in [0.25, 0.3) is 0 Å². The van der Waals surface area contributed by atoms with Crippen LogP contribution in [0.1, 0.15) is 24.2 Å². The van der Waals surface area contributed by atoms with Gasteiger partial charge in [-0.3, -0.25) is 10.2 Å². The molecule has 0 atom stereocenters. The Kier molecular flexibility index (Phi) is 5.63. The normalized spacial score (nSPS) is 9.50. The third-order valence-corrected chi connectivity index (χ3v) is 1.72. The van der Waals surface area contributed by atoms with E-state index in [2.05, 4.69) is 0 Å². The Morgan fingerprint density at radius 3 is 2.62 bits per heavy atom. The van der Waals surface area contributed by atoms with Gasteiger partial charge in [0.1, 0.15) is 11.5 Å². The van der Waals surface area contributed by atoms with Crippen molar-refractivity contribution in [2.45, 2.75) is 20.0 Å². The Morgan fingerprint density at radius 2 is 2.12 bits per heavy atom. The maximum atomic E-state index is 11.2. The molecule has 0 aromatic heterocycles. The first-order chi connectivity index (χ1) is 7.04. The summed E-state index contributed by atoms with van der Waals surface area (Å²) < 4.78 is 5.37. The first-order valence-corrected chi connectivity index (χ1v) is 4.55. The molecule has 0 radical (unpaired) electrons. The van der Waals surface area contributed by atoms with Gasteiger partial charge >= 0.3 is 0 Å². The fourth-order valence-corrected chi connectivity index (χ4v) is 1.12. The van der Waals surface area contributed by atoms with Crippen molar-refractivity contribution >= 4 is 18.3 Å². The van der Waals surface area contributed by atoms with E-state index in [0.717, 1.165) is 0 Å². The largest absolute Gasteiger partial charge is 0.507 e. The summed E-state index contributed by atoms with van der Waals surface area (Å²) in [5, 5.41) is 9.40. The molecule has 0 spiro atoms. The molecule has 1 aromatic rings. The van der Waals surface area contributed by atoms with Crippen molar-refractivity contribution in [1.82, 2.24) is 5.43 Å². The maximum Gasteiger partial charge on any atom is 0.269 e. The molecule has 1 aromatic carbocycles. The molecular formula is C10H15ClN2O3. The van der Waals surface area contributed by atoms with Crippen LogP contribution in [0.3, 0.4) is 0 Å². The summed E-state index contributed by atoms with van der Waals surface area (Å²) in [6.07, 6.45) is 0.00308. The summed E-state index contributed by atoms with van der Waals surface area (Å²) in [4.78, 5) is 11.2. The Labute approximate surface area is 100.0 Å². The number of halogens is 1. The van der Waals surface area contributed by atoms with E-state index in [-0.39, 0.29) is 29.8 Å². The van der Waals surface area contributed by atoms with Crippen LogP contribution in [0.2, 0.25) is 0 Å². The minimum absolute atomic E-state index is 0. The monoisotopic (exact) mass is 246 g/mol. The van der Waals surface area contributed by atoms with Crippen LogP contribution in [-0.2, 0) is 0 Å². The van der Waals surface area contributed by atoms with E-state index < -0.39 is 5.91 Å². The van der Waals surface area contributed by atoms with Gasteiger partial charge in [0.15, 0.2) is 0 Å². The topological polar surface area (TPSA) is 84.6 Å². The van der Waals surface area contributed by atoms with E-state index in [4.69, 9.17) is 10.6 Å². The zero-order valence-corrected chi connectivity index (χ0v) is 9.88. The average Bonchev–Trinajstić information content (AvgIpc) is 2.19. The second kappa shape index (κ2) is 6.19. The van der Waals surface area contributed by atoms with Gasteiger partial charge in [0.05, 0.1) is 11.7 Å². The molecule has 0 aliphatic heterocycles. The fraction of sp³-hybridized carbons (Fsp3) is 0.300. The molecule has 16 heavy (non-hydrogen) atoms. The van der Waals surface area contributed by atoms with Gasteiger partial charge in [-0.1, -0.05) is 0 Å². The van der Waals surface area contributed by atoms with Gasteiger partial charge in [0.25, 0.3) is 5.91 Å². The third-order valence-electron chi connectivity index (χ3n) is 1.72. The number of ether oxygens (including phenoxy) is 1. The van der Waals surface area contributed by atoms with Crippen molar-refractivity contribution in [3.8, 4) is 11.5 Å². The van der Waals surface area contributed by atoms with Crippen molar-refractivity contribution in [2.24, 2.45) is 5.84 Å². The minimum Gasteiger partial charge on any atom is -0.507 e. The number of phenols is 1. The van der Waals surface area contributed by atoms with Gasteiger partial charge in [-0.05, 0) is 32.0 Å². The van der Waals surface area contributed by atoms with Crippen molar-refractivity contribution in [1.29, 1.82) is 0 Å². The smallest absolute Gasteiger partial charge is 0.269 e. The van der Waals surface area contributed by atoms with Crippen molar-refractivity contribution < 1.29 is 14.6 Å². The number of amides is 1. The number of nitrogens with one attached hydrogen (secondary N) is 1. The first kappa shape index (κ1) is 14.5. The molecule has 4 N–H and O–H groups in total. The highest BCUT2D eigenvalue weighted by Gasteiger charge is 2.11. The van der Waals surface area contributed by atoms with E-state index in [1.807, 2.05) is 19.3 Å². The van der Waals surface area contributed by atoms with E-state index in [1.165, 1.54) is 12.1 Å². The quantitative estimate of drug-likeness (QED) is 0.425. The second-order valence-corrected chi connectivity index (χ2v) is 3.32. The number of hydrazine groups is 1. The first-order valence-electron chi connectivity index (χ1n) is 4.55. The van der Waals surface area contributed by atoms with E-state index in [9.17, 15) is 9.90 Å². The summed E-state index contributed by atoms with van der Waals surface area (Å²) in [5.41, 5.74) is 2.04. The maximum absolute atomic E-state index is 11.2. The van der Waals surface area contributed by atoms with Crippen molar-refractivity contribution in [2.75, 3.05) is 0 Å². The molecule has 6 heteroatoms. The number of rotatable bonds is 3. The van der Waals surface area contributed by atoms with Crippen LogP contribution in [-0.4, -0.2) is 17.1 Å². The number of hydrogen-bond donors (Lipinski definition) is 3. The Bertz CT molecular complexity index is 369. The number of nitrogen functional groups attached to an aromatic ring is 1. The van der Waals surface area contributed by atoms with Gasteiger partial charge in [0, 0.05) is 0 Å². The predicted molar refractivity (Wildman–Crippen MR) is 62.8 cm³/mol. The molecule has 0 saturated carbocycles. The molecule has 1 rings (SSSR count). The fourth-order valence-electron chi connectivity index (χ4n) is 1.12. The SMILES string of the molecule is CC(C)Oc1ccc(O)c(C(=O)NN)c1.Cl. The lowest BCUT2D eigenvalue weighted by Gasteiger charge is -2.11. The van der Waals surface area contributed by atoms with Gasteiger partial charge in [-0.25, -0.2) is 5.84 Å². The molecule has 0 fully saturated rings. The molecule has 90 valence electrons. The van der Waals surface area contributed by atoms with Crippen LogP contribution in [0.5, 0.6) is 11.5 Å². The van der Waals surface area contributed by atoms with Gasteiger partial charge in [-0.2, -0.15) is 0 Å². The molecular weight excluding hydrogens is 232 g/mol. The summed E-state index contributed by atoms with van der Waals surface area (Å²) >= 11 is 0. The number of benzene rings is 1. The van der Waals surface area contributed by atoms with E-state index in [1.54, 1.807) is 6.07 Å². The number of carbonyl (C=O) groups is 1. The minimum atomic E-state index is -0.554. The lowest BCUT2D eigenvalue weighted by molar-refractivity contribution is 0.0950. The van der Waals surface area contributed by atoms with Gasteiger partial charge < -0.3 is 9.84 Å². The lowest BCUT2D eigenvalue weighted by Crippen LogP contribution is -2.30. The lowest BCUT2D eigenvalue weighted by atomic mass is 10.2. The third kappa shape index (κ3) is 3.60. The predicted octanol–water partition coefficient (Wildman–Crippen LogP) is 1.20. The second-order valence-electron chi connectivity index (χ2n) is 3.32. The Balaban J connectivity index is 0.00000225. The van der Waals surface area contributed by atoms with E-state index in [0.29, 0.717) is 5.75 Å². The molecule has 0 heterocycles. The number of nitrogens with two attached hydrogens (primary N) is 1. The number of aromatic hydroxyl groups is 1. The van der Waals surface area contributed by atoms with Crippen LogP contribution in [0.4, 0.5) is 0 Å². The number of hydrogen-bond acceptors (Lipinski definition) is 4. The van der Waals surface area contributed by atoms with Crippen LogP contribution in [0, 0.1) is 0 Å². The molecule has 1 amide bonds. The van der Waals surface area contributed by atoms with Crippen LogP contribution in [0.15, 0.2) is 18.2 Å². The van der Waals surface area contributed by atoms with Crippen molar-refractivity contribution in [3.05, 3.63) is 23.8 Å². The average molecular weight is 247 g/mol. The molecule has 0 unspecified atom stereocenters. The molecule has 0 aliphatic carbocycles. The summed E-state index contributed by atoms with van der Waals surface area (Å²) in [6, 6.07) is 4.42. The number of phenolic OH excluding ortho intramolecular Hbond substituents is 1.